The third-order valence-electron chi connectivity index (χ3n) is 4.38. The summed E-state index contributed by atoms with van der Waals surface area (Å²) in [6.07, 6.45) is 1.97. The van der Waals surface area contributed by atoms with E-state index < -0.39 is 35.2 Å². The number of hydrogen-bond donors (Lipinski definition) is 2. The molecular weight excluding hydrogens is 276 g/mol. The molecule has 0 amide bonds. The maximum absolute atomic E-state index is 12.0. The summed E-state index contributed by atoms with van der Waals surface area (Å²) in [4.78, 5) is 35.4. The lowest BCUT2D eigenvalue weighted by Gasteiger charge is -2.45. The van der Waals surface area contributed by atoms with E-state index in [0.29, 0.717) is 12.8 Å². The van der Waals surface area contributed by atoms with Crippen molar-refractivity contribution in [3.63, 3.8) is 0 Å². The zero-order valence-corrected chi connectivity index (χ0v) is 11.8. The van der Waals surface area contributed by atoms with Crippen molar-refractivity contribution >= 4 is 17.7 Å². The first-order chi connectivity index (χ1) is 9.82. The highest BCUT2D eigenvalue weighted by molar-refractivity contribution is 6.02. The van der Waals surface area contributed by atoms with Crippen LogP contribution >= 0.6 is 0 Å². The van der Waals surface area contributed by atoms with Gasteiger partial charge in [0.2, 0.25) is 5.78 Å². The van der Waals surface area contributed by atoms with Crippen LogP contribution in [0.1, 0.15) is 32.6 Å². The Balaban J connectivity index is 2.43. The van der Waals surface area contributed by atoms with Crippen LogP contribution in [0.15, 0.2) is 24.0 Å². The quantitative estimate of drug-likeness (QED) is 0.749. The van der Waals surface area contributed by atoms with E-state index in [0.717, 1.165) is 0 Å². The highest BCUT2D eigenvalue weighted by atomic mass is 16.5. The summed E-state index contributed by atoms with van der Waals surface area (Å²) in [6.45, 7) is 5.06. The Morgan fingerprint density at radius 2 is 2.00 bits per heavy atom. The second-order valence-electron chi connectivity index (χ2n) is 5.65. The number of Topliss-reactive ketones (excluding diaryl/α,β-unsaturated/α-hetero) is 1. The maximum atomic E-state index is 12.0. The van der Waals surface area contributed by atoms with E-state index in [4.69, 9.17) is 4.74 Å². The van der Waals surface area contributed by atoms with Crippen LogP contribution in [0.4, 0.5) is 0 Å². The Morgan fingerprint density at radius 1 is 1.33 bits per heavy atom. The van der Waals surface area contributed by atoms with Crippen molar-refractivity contribution in [3.05, 3.63) is 24.0 Å². The molecule has 0 aromatic heterocycles. The van der Waals surface area contributed by atoms with Gasteiger partial charge in [0.05, 0.1) is 12.2 Å². The molecule has 0 aromatic rings. The molecule has 0 bridgehead atoms. The number of carbonyl (C=O) groups is 3. The standard InChI is InChI=1S/C15H18O6/c1-8(2)11(16)12-10(7-21-12)15(14(19)20)6-4-3-5-9(15)13(17)18/h7,9,12H,1,3-6H2,2H3,(H,17,18)(H,19,20). The molecule has 3 unspecified atom stereocenters. The molecule has 21 heavy (non-hydrogen) atoms. The molecule has 0 radical (unpaired) electrons. The molecule has 2 rings (SSSR count). The van der Waals surface area contributed by atoms with Gasteiger partial charge in [-0.1, -0.05) is 19.4 Å². The van der Waals surface area contributed by atoms with E-state index in [9.17, 15) is 24.6 Å². The van der Waals surface area contributed by atoms with Crippen LogP contribution in [0, 0.1) is 11.3 Å². The average molecular weight is 294 g/mol. The number of aliphatic carboxylic acids is 2. The number of hydrogen-bond acceptors (Lipinski definition) is 4. The number of rotatable bonds is 5. The zero-order chi connectivity index (χ0) is 15.8. The second kappa shape index (κ2) is 5.35. The molecule has 6 nitrogen and oxygen atoms in total. The number of ether oxygens (including phenoxy) is 1. The molecule has 1 heterocycles. The Hall–Kier alpha value is -2.11. The average Bonchev–Trinajstić information content (AvgIpc) is 2.37. The van der Waals surface area contributed by atoms with Crippen molar-refractivity contribution in [1.82, 2.24) is 0 Å². The predicted molar refractivity (Wildman–Crippen MR) is 72.4 cm³/mol. The van der Waals surface area contributed by atoms with Crippen molar-refractivity contribution in [2.45, 2.75) is 38.7 Å². The van der Waals surface area contributed by atoms with Crippen LogP contribution in [0.5, 0.6) is 0 Å². The Labute approximate surface area is 122 Å². The molecule has 0 saturated heterocycles. The molecule has 1 aliphatic heterocycles. The van der Waals surface area contributed by atoms with Gasteiger partial charge >= 0.3 is 11.9 Å². The summed E-state index contributed by atoms with van der Waals surface area (Å²) >= 11 is 0. The van der Waals surface area contributed by atoms with E-state index in [1.165, 1.54) is 13.2 Å². The topological polar surface area (TPSA) is 101 Å². The van der Waals surface area contributed by atoms with E-state index in [2.05, 4.69) is 6.58 Å². The minimum absolute atomic E-state index is 0.203. The number of ketones is 1. The molecule has 1 saturated carbocycles. The first kappa shape index (κ1) is 15.3. The van der Waals surface area contributed by atoms with Crippen LogP contribution in [0.2, 0.25) is 0 Å². The minimum Gasteiger partial charge on any atom is -0.485 e. The molecule has 2 aliphatic rings. The Morgan fingerprint density at radius 3 is 2.43 bits per heavy atom. The molecule has 1 aliphatic carbocycles. The van der Waals surface area contributed by atoms with Crippen molar-refractivity contribution in [1.29, 1.82) is 0 Å². The van der Waals surface area contributed by atoms with Crippen LogP contribution in [0.25, 0.3) is 0 Å². The smallest absolute Gasteiger partial charge is 0.314 e. The Kier molecular flexibility index (Phi) is 3.89. The summed E-state index contributed by atoms with van der Waals surface area (Å²) in [5.41, 5.74) is -1.04. The number of carboxylic acid groups (broad SMARTS) is 2. The summed E-state index contributed by atoms with van der Waals surface area (Å²) < 4.78 is 5.09. The maximum Gasteiger partial charge on any atom is 0.314 e. The molecule has 2 N–H and O–H groups in total. The van der Waals surface area contributed by atoms with E-state index in [1.807, 2.05) is 0 Å². The van der Waals surface area contributed by atoms with Gasteiger partial charge in [-0.15, -0.1) is 0 Å². The van der Waals surface area contributed by atoms with Crippen LogP contribution in [-0.2, 0) is 19.1 Å². The minimum atomic E-state index is -1.56. The fourth-order valence-corrected chi connectivity index (χ4v) is 3.20. The number of carboxylic acids is 2. The van der Waals surface area contributed by atoms with Crippen LogP contribution in [-0.4, -0.2) is 34.0 Å². The monoisotopic (exact) mass is 294 g/mol. The molecular formula is C15H18O6. The lowest BCUT2D eigenvalue weighted by atomic mass is 9.60. The van der Waals surface area contributed by atoms with Crippen LogP contribution in [0.3, 0.4) is 0 Å². The van der Waals surface area contributed by atoms with Crippen molar-refractivity contribution < 1.29 is 29.3 Å². The predicted octanol–water partition coefficient (Wildman–Crippen LogP) is 1.76. The van der Waals surface area contributed by atoms with Gasteiger partial charge in [0.15, 0.2) is 6.10 Å². The zero-order valence-electron chi connectivity index (χ0n) is 11.8. The molecule has 114 valence electrons. The van der Waals surface area contributed by atoms with E-state index in [-0.39, 0.29) is 24.0 Å². The van der Waals surface area contributed by atoms with Gasteiger partial charge in [0.25, 0.3) is 0 Å². The van der Waals surface area contributed by atoms with E-state index >= 15 is 0 Å². The van der Waals surface area contributed by atoms with Crippen molar-refractivity contribution in [2.24, 2.45) is 11.3 Å². The SMILES string of the molecule is C=C(C)C(=O)C1OC=C1C1(C(=O)O)CCCCC1C(=O)O. The molecule has 0 spiro atoms. The number of carbonyl (C=O) groups excluding carboxylic acids is 1. The third kappa shape index (κ3) is 2.24. The fourth-order valence-electron chi connectivity index (χ4n) is 3.20. The highest BCUT2D eigenvalue weighted by Gasteiger charge is 2.58. The highest BCUT2D eigenvalue weighted by Crippen LogP contribution is 2.51. The normalized spacial score (nSPS) is 31.4. The summed E-state index contributed by atoms with van der Waals surface area (Å²) in [6, 6.07) is 0. The summed E-state index contributed by atoms with van der Waals surface area (Å²) in [7, 11) is 0. The lowest BCUT2D eigenvalue weighted by molar-refractivity contribution is -0.165. The van der Waals surface area contributed by atoms with Gasteiger partial charge in [-0.25, -0.2) is 0 Å². The van der Waals surface area contributed by atoms with Crippen LogP contribution < -0.4 is 0 Å². The van der Waals surface area contributed by atoms with Gasteiger partial charge in [-0.2, -0.15) is 0 Å². The van der Waals surface area contributed by atoms with Crippen molar-refractivity contribution in [3.8, 4) is 0 Å². The molecule has 6 heteroatoms. The summed E-state index contributed by atoms with van der Waals surface area (Å²) in [5.74, 6) is -3.79. The Bertz CT molecular complexity index is 546. The summed E-state index contributed by atoms with van der Waals surface area (Å²) in [5, 5.41) is 19.1. The lowest BCUT2D eigenvalue weighted by Crippen LogP contribution is -2.52. The van der Waals surface area contributed by atoms with Gasteiger partial charge in [0.1, 0.15) is 5.41 Å². The first-order valence-corrected chi connectivity index (χ1v) is 6.84. The second-order valence-corrected chi connectivity index (χ2v) is 5.65. The third-order valence-corrected chi connectivity index (χ3v) is 4.38. The van der Waals surface area contributed by atoms with Gasteiger partial charge in [-0.05, 0) is 25.3 Å². The molecule has 1 fully saturated rings. The van der Waals surface area contributed by atoms with Gasteiger partial charge < -0.3 is 14.9 Å². The fraction of sp³-hybridized carbons (Fsp3) is 0.533. The van der Waals surface area contributed by atoms with Gasteiger partial charge in [-0.3, -0.25) is 14.4 Å². The van der Waals surface area contributed by atoms with Crippen molar-refractivity contribution in [2.75, 3.05) is 0 Å². The molecule has 0 aromatic carbocycles. The largest absolute Gasteiger partial charge is 0.485 e. The van der Waals surface area contributed by atoms with Gasteiger partial charge in [0, 0.05) is 5.57 Å². The molecule has 3 atom stereocenters. The van der Waals surface area contributed by atoms with E-state index in [1.54, 1.807) is 0 Å². The first-order valence-electron chi connectivity index (χ1n) is 6.84.